The Morgan fingerprint density at radius 3 is 2.87 bits per heavy atom. The lowest BCUT2D eigenvalue weighted by molar-refractivity contribution is -0.0222. The molecule has 0 amide bonds. The number of aromatic nitrogens is 2. The van der Waals surface area contributed by atoms with Crippen LogP contribution in [0.25, 0.3) is 10.4 Å². The van der Waals surface area contributed by atoms with Gasteiger partial charge in [0.2, 0.25) is 11.6 Å². The average molecular weight is 326 g/mol. The van der Waals surface area contributed by atoms with E-state index in [9.17, 15) is 15.0 Å². The third-order valence-corrected chi connectivity index (χ3v) is 3.68. The fraction of sp³-hybridized carbons (Fsp3) is 0.600. The van der Waals surface area contributed by atoms with Gasteiger partial charge in [-0.3, -0.25) is 14.7 Å². The predicted octanol–water partition coefficient (Wildman–Crippen LogP) is -2.40. The molecular formula is C10H14N8O5. The van der Waals surface area contributed by atoms with Crippen molar-refractivity contribution in [2.75, 3.05) is 28.9 Å². The van der Waals surface area contributed by atoms with E-state index in [0.717, 1.165) is 5.01 Å². The van der Waals surface area contributed by atoms with Crippen molar-refractivity contribution < 1.29 is 20.1 Å². The molecule has 23 heavy (non-hydrogen) atoms. The van der Waals surface area contributed by atoms with Crippen LogP contribution in [0.15, 0.2) is 10.0 Å². The number of anilines is 3. The maximum absolute atomic E-state index is 12.0. The van der Waals surface area contributed by atoms with E-state index >= 15 is 0 Å². The number of nitrogens with two attached hydrogens (primary N) is 1. The molecule has 1 saturated heterocycles. The highest BCUT2D eigenvalue weighted by atomic mass is 16.6. The lowest BCUT2D eigenvalue weighted by atomic mass is 10.1. The Labute approximate surface area is 128 Å². The molecule has 13 heteroatoms. The van der Waals surface area contributed by atoms with Gasteiger partial charge < -0.3 is 25.8 Å². The van der Waals surface area contributed by atoms with Crippen LogP contribution in [0, 0.1) is 0 Å². The molecule has 124 valence electrons. The second kappa shape index (κ2) is 5.57. The first-order chi connectivity index (χ1) is 11.0. The molecular weight excluding hydrogens is 312 g/mol. The van der Waals surface area contributed by atoms with Crippen LogP contribution in [0.3, 0.4) is 0 Å². The molecule has 13 nitrogen and oxygen atoms in total. The van der Waals surface area contributed by atoms with Gasteiger partial charge in [0.25, 0.3) is 0 Å². The van der Waals surface area contributed by atoms with E-state index in [1.54, 1.807) is 0 Å². The van der Waals surface area contributed by atoms with Crippen LogP contribution in [0.5, 0.6) is 0 Å². The monoisotopic (exact) mass is 326 g/mol. The standard InChI is InChI=1S/C10H14N8O5/c11-10-13-7-4(8(22)14-10)18(16-15-12)2-17(7)9-6(21)5(20)3(1-19)23-9/h3,5-6,9,19-21H,1-2H2,(H3,11,13,14,22)/t3-,5-,6-,9-/m1/s1. The summed E-state index contributed by atoms with van der Waals surface area (Å²) >= 11 is 0. The number of azide groups is 1. The summed E-state index contributed by atoms with van der Waals surface area (Å²) in [5, 5.41) is 33.5. The van der Waals surface area contributed by atoms with Crippen molar-refractivity contribution in [3.05, 3.63) is 20.8 Å². The molecule has 1 aromatic rings. The molecule has 4 atom stereocenters. The first-order valence-electron chi connectivity index (χ1n) is 6.59. The van der Waals surface area contributed by atoms with Gasteiger partial charge in [0.15, 0.2) is 18.7 Å². The molecule has 0 unspecified atom stereocenters. The van der Waals surface area contributed by atoms with Crippen molar-refractivity contribution in [1.82, 2.24) is 9.97 Å². The first-order valence-corrected chi connectivity index (χ1v) is 6.59. The maximum Gasteiger partial charge on any atom is 0.302 e. The molecule has 2 aliphatic heterocycles. The second-order valence-corrected chi connectivity index (χ2v) is 5.04. The number of nitrogens with one attached hydrogen (secondary N) is 1. The molecule has 0 bridgehead atoms. The number of hydrogen-bond acceptors (Lipinski definition) is 9. The molecule has 0 aliphatic carbocycles. The Kier molecular flexibility index (Phi) is 3.71. The van der Waals surface area contributed by atoms with Crippen LogP contribution < -0.4 is 21.2 Å². The van der Waals surface area contributed by atoms with Gasteiger partial charge in [-0.05, 0) is 5.22 Å². The van der Waals surface area contributed by atoms with E-state index in [2.05, 4.69) is 20.1 Å². The largest absolute Gasteiger partial charge is 0.394 e. The van der Waals surface area contributed by atoms with E-state index in [1.165, 1.54) is 4.90 Å². The fourth-order valence-corrected chi connectivity index (χ4v) is 2.65. The van der Waals surface area contributed by atoms with E-state index in [0.29, 0.717) is 0 Å². The van der Waals surface area contributed by atoms with Crippen molar-refractivity contribution in [2.45, 2.75) is 24.5 Å². The van der Waals surface area contributed by atoms with Crippen LogP contribution in [0.4, 0.5) is 17.5 Å². The lowest BCUT2D eigenvalue weighted by Crippen LogP contribution is -2.45. The summed E-state index contributed by atoms with van der Waals surface area (Å²) in [6.07, 6.45) is -4.78. The first kappa shape index (κ1) is 15.3. The number of ether oxygens (including phenoxy) is 1. The van der Waals surface area contributed by atoms with Crippen molar-refractivity contribution in [1.29, 1.82) is 0 Å². The van der Waals surface area contributed by atoms with Crippen molar-refractivity contribution >= 4 is 17.5 Å². The summed E-state index contributed by atoms with van der Waals surface area (Å²) in [7, 11) is 0. The van der Waals surface area contributed by atoms with Crippen LogP contribution in [0.2, 0.25) is 0 Å². The zero-order valence-corrected chi connectivity index (χ0v) is 11.6. The van der Waals surface area contributed by atoms with Crippen molar-refractivity contribution in [2.24, 2.45) is 5.22 Å². The number of aromatic amines is 1. The number of hydrogen-bond donors (Lipinski definition) is 5. The zero-order valence-electron chi connectivity index (χ0n) is 11.6. The highest BCUT2D eigenvalue weighted by Crippen LogP contribution is 2.36. The van der Waals surface area contributed by atoms with Gasteiger partial charge in [0, 0.05) is 0 Å². The normalized spacial score (nSPS) is 29.5. The number of H-pyrrole nitrogens is 1. The van der Waals surface area contributed by atoms with Gasteiger partial charge in [-0.2, -0.15) is 14.9 Å². The fourth-order valence-electron chi connectivity index (χ4n) is 2.65. The van der Waals surface area contributed by atoms with Gasteiger partial charge in [-0.25, -0.2) is 0 Å². The van der Waals surface area contributed by atoms with Crippen LogP contribution in [-0.4, -0.2) is 63.1 Å². The molecule has 1 fully saturated rings. The Morgan fingerprint density at radius 1 is 1.52 bits per heavy atom. The van der Waals surface area contributed by atoms with E-state index < -0.39 is 36.7 Å². The average Bonchev–Trinajstić information content (AvgIpc) is 2.99. The third kappa shape index (κ3) is 2.32. The number of rotatable bonds is 3. The van der Waals surface area contributed by atoms with E-state index in [1.807, 2.05) is 0 Å². The number of nitrogens with zero attached hydrogens (tertiary/aromatic N) is 6. The minimum atomic E-state index is -1.37. The number of fused-ring (bicyclic) bond motifs is 1. The molecule has 3 rings (SSSR count). The van der Waals surface area contributed by atoms with E-state index in [-0.39, 0.29) is 24.1 Å². The Hall–Kier alpha value is -2.57. The highest BCUT2D eigenvalue weighted by Gasteiger charge is 2.50. The second-order valence-electron chi connectivity index (χ2n) is 5.04. The molecule has 0 aromatic carbocycles. The molecule has 0 spiro atoms. The summed E-state index contributed by atoms with van der Waals surface area (Å²) in [4.78, 5) is 22.2. The number of aliphatic hydroxyl groups is 3. The predicted molar refractivity (Wildman–Crippen MR) is 76.0 cm³/mol. The summed E-state index contributed by atoms with van der Waals surface area (Å²) < 4.78 is 5.40. The molecule has 6 N–H and O–H groups in total. The smallest absolute Gasteiger partial charge is 0.302 e. The highest BCUT2D eigenvalue weighted by molar-refractivity contribution is 5.72. The minimum absolute atomic E-state index is 0.0356. The van der Waals surface area contributed by atoms with Crippen molar-refractivity contribution in [3.63, 3.8) is 0 Å². The molecule has 0 radical (unpaired) electrons. The maximum atomic E-state index is 12.0. The lowest BCUT2D eigenvalue weighted by Gasteiger charge is -2.25. The molecule has 1 aromatic heterocycles. The number of aliphatic hydroxyl groups excluding tert-OH is 3. The summed E-state index contributed by atoms with van der Waals surface area (Å²) in [6, 6.07) is 0. The molecule has 2 aliphatic rings. The Balaban J connectivity index is 2.03. The molecule has 3 heterocycles. The van der Waals surface area contributed by atoms with Gasteiger partial charge in [-0.15, -0.1) is 5.53 Å². The summed E-state index contributed by atoms with van der Waals surface area (Å²) in [5.41, 5.74) is 13.4. The van der Waals surface area contributed by atoms with Crippen LogP contribution in [0.1, 0.15) is 0 Å². The third-order valence-electron chi connectivity index (χ3n) is 3.68. The minimum Gasteiger partial charge on any atom is -0.394 e. The van der Waals surface area contributed by atoms with Gasteiger partial charge in [-0.1, -0.05) is 0 Å². The summed E-state index contributed by atoms with van der Waals surface area (Å²) in [5.74, 6) is -0.137. The Morgan fingerprint density at radius 2 is 2.26 bits per heavy atom. The van der Waals surface area contributed by atoms with Crippen LogP contribution in [-0.2, 0) is 4.74 Å². The van der Waals surface area contributed by atoms with Crippen molar-refractivity contribution in [3.8, 4) is 0 Å². The van der Waals surface area contributed by atoms with Crippen LogP contribution >= 0.6 is 0 Å². The van der Waals surface area contributed by atoms with Gasteiger partial charge in [0.05, 0.1) is 6.61 Å². The molecule has 0 saturated carbocycles. The summed E-state index contributed by atoms with van der Waals surface area (Å²) in [6.45, 7) is -0.647. The topological polar surface area (TPSA) is 197 Å². The SMILES string of the molecule is [N-]=[N+]=NN1CN([C@@H]2O[C@H](CO)[C@@H](O)[C@H]2O)c2nc(N)[nH]c(=O)c21. The Bertz CT molecular complexity index is 718. The quantitative estimate of drug-likeness (QED) is 0.228. The zero-order chi connectivity index (χ0) is 16.7. The number of nitrogen functional groups attached to an aromatic ring is 1. The van der Waals surface area contributed by atoms with Gasteiger partial charge in [0.1, 0.15) is 18.3 Å². The van der Waals surface area contributed by atoms with E-state index in [4.69, 9.17) is 21.1 Å². The van der Waals surface area contributed by atoms with Gasteiger partial charge >= 0.3 is 5.56 Å².